The summed E-state index contributed by atoms with van der Waals surface area (Å²) in [6.45, 7) is 2.95. The van der Waals surface area contributed by atoms with Gasteiger partial charge < -0.3 is 20.4 Å². The Morgan fingerprint density at radius 3 is 2.93 bits per heavy atom. The number of aryl methyl sites for hydroxylation is 1. The molecule has 0 spiro atoms. The average Bonchev–Trinajstić information content (AvgIpc) is 3.13. The zero-order chi connectivity index (χ0) is 20.4. The fraction of sp³-hybridized carbons (Fsp3) is 0.381. The van der Waals surface area contributed by atoms with Crippen molar-refractivity contribution in [3.05, 3.63) is 47.9 Å². The molecule has 8 heteroatoms. The van der Waals surface area contributed by atoms with E-state index in [0.29, 0.717) is 11.6 Å². The number of H-pyrrole nitrogens is 1. The van der Waals surface area contributed by atoms with Crippen LogP contribution in [0, 0.1) is 6.92 Å². The van der Waals surface area contributed by atoms with Gasteiger partial charge in [-0.2, -0.15) is 0 Å². The third-order valence-electron chi connectivity index (χ3n) is 5.38. The number of pyridine rings is 1. The van der Waals surface area contributed by atoms with Crippen LogP contribution in [0.3, 0.4) is 0 Å². The number of imidazole rings is 1. The topological polar surface area (TPSA) is 95.2 Å². The van der Waals surface area contributed by atoms with Gasteiger partial charge >= 0.3 is 6.03 Å². The highest BCUT2D eigenvalue weighted by Crippen LogP contribution is 2.29. The van der Waals surface area contributed by atoms with Gasteiger partial charge in [0.2, 0.25) is 5.88 Å². The lowest BCUT2D eigenvalue weighted by molar-refractivity contribution is 0.153. The van der Waals surface area contributed by atoms with Crippen LogP contribution in [-0.4, -0.2) is 52.6 Å². The van der Waals surface area contributed by atoms with E-state index >= 15 is 0 Å². The maximum Gasteiger partial charge on any atom is 0.319 e. The van der Waals surface area contributed by atoms with Crippen molar-refractivity contribution in [1.29, 1.82) is 0 Å². The van der Waals surface area contributed by atoms with Crippen molar-refractivity contribution in [2.75, 3.05) is 26.0 Å². The molecule has 1 saturated heterocycles. The number of methoxy groups -OCH3 is 1. The number of nitrogens with one attached hydrogen (secondary N) is 3. The molecule has 1 aromatic carbocycles. The largest absolute Gasteiger partial charge is 0.481 e. The summed E-state index contributed by atoms with van der Waals surface area (Å²) in [6, 6.07) is 9.68. The number of aromatic nitrogens is 3. The number of carbonyl (C=O) groups excluding carboxylic acids is 1. The van der Waals surface area contributed by atoms with Crippen LogP contribution >= 0.6 is 0 Å². The second kappa shape index (κ2) is 8.08. The first-order valence-electron chi connectivity index (χ1n) is 9.76. The molecule has 152 valence electrons. The SMILES string of the molecule is COc1ccc(NC(=O)N[C@@H]2CCN(C)[C@@H](c3nc4cc(C)ccc4[nH]3)C2)cn1. The number of piperidine rings is 1. The maximum absolute atomic E-state index is 12.4. The number of hydrogen-bond acceptors (Lipinski definition) is 5. The molecule has 3 N–H and O–H groups in total. The average molecular weight is 394 g/mol. The van der Waals surface area contributed by atoms with Crippen molar-refractivity contribution in [1.82, 2.24) is 25.2 Å². The van der Waals surface area contributed by atoms with E-state index in [4.69, 9.17) is 9.72 Å². The van der Waals surface area contributed by atoms with Gasteiger partial charge in [-0.05, 0) is 50.6 Å². The Kier molecular flexibility index (Phi) is 5.35. The van der Waals surface area contributed by atoms with Gasteiger partial charge in [0.1, 0.15) is 5.82 Å². The molecular weight excluding hydrogens is 368 g/mol. The Labute approximate surface area is 169 Å². The summed E-state index contributed by atoms with van der Waals surface area (Å²) >= 11 is 0. The first-order valence-corrected chi connectivity index (χ1v) is 9.76. The predicted molar refractivity (Wildman–Crippen MR) is 112 cm³/mol. The number of carbonyl (C=O) groups is 1. The van der Waals surface area contributed by atoms with E-state index in [-0.39, 0.29) is 18.1 Å². The molecule has 1 aliphatic rings. The smallest absolute Gasteiger partial charge is 0.319 e. The van der Waals surface area contributed by atoms with Gasteiger partial charge in [0.25, 0.3) is 0 Å². The Hall–Kier alpha value is -3.13. The number of anilines is 1. The fourth-order valence-electron chi connectivity index (χ4n) is 3.76. The molecule has 2 amide bonds. The van der Waals surface area contributed by atoms with Crippen LogP contribution < -0.4 is 15.4 Å². The van der Waals surface area contributed by atoms with E-state index in [1.165, 1.54) is 5.56 Å². The number of hydrogen-bond donors (Lipinski definition) is 3. The Bertz CT molecular complexity index is 1000. The highest BCUT2D eigenvalue weighted by Gasteiger charge is 2.30. The molecule has 0 aliphatic carbocycles. The maximum atomic E-state index is 12.4. The molecule has 2 atom stereocenters. The molecule has 1 aliphatic heterocycles. The third kappa shape index (κ3) is 4.32. The van der Waals surface area contributed by atoms with Gasteiger partial charge in [-0.15, -0.1) is 0 Å². The summed E-state index contributed by atoms with van der Waals surface area (Å²) in [5.41, 5.74) is 3.84. The zero-order valence-corrected chi connectivity index (χ0v) is 16.9. The lowest BCUT2D eigenvalue weighted by Crippen LogP contribution is -2.46. The van der Waals surface area contributed by atoms with Crippen molar-refractivity contribution in [2.45, 2.75) is 31.8 Å². The van der Waals surface area contributed by atoms with Gasteiger partial charge in [-0.25, -0.2) is 14.8 Å². The van der Waals surface area contributed by atoms with Gasteiger partial charge in [0, 0.05) is 18.7 Å². The Balaban J connectivity index is 1.41. The molecule has 3 aromatic rings. The summed E-state index contributed by atoms with van der Waals surface area (Å²) in [5, 5.41) is 5.91. The van der Waals surface area contributed by atoms with Crippen LogP contribution in [0.5, 0.6) is 5.88 Å². The molecule has 0 saturated carbocycles. The first-order chi connectivity index (χ1) is 14.0. The van der Waals surface area contributed by atoms with Crippen LogP contribution in [0.4, 0.5) is 10.5 Å². The quantitative estimate of drug-likeness (QED) is 0.631. The molecule has 29 heavy (non-hydrogen) atoms. The molecule has 4 rings (SSSR count). The molecule has 0 radical (unpaired) electrons. The summed E-state index contributed by atoms with van der Waals surface area (Å²) in [7, 11) is 3.66. The van der Waals surface area contributed by atoms with Gasteiger partial charge in [0.15, 0.2) is 0 Å². The highest BCUT2D eigenvalue weighted by molar-refractivity contribution is 5.89. The monoisotopic (exact) mass is 394 g/mol. The second-order valence-corrected chi connectivity index (χ2v) is 7.55. The van der Waals surface area contributed by atoms with Crippen LogP contribution in [0.15, 0.2) is 36.5 Å². The standard InChI is InChI=1S/C21H26N6O2/c1-13-4-6-16-17(10-13)26-20(25-16)18-11-14(8-9-27(18)2)23-21(28)24-15-5-7-19(29-3)22-12-15/h4-7,10,12,14,18H,8-9,11H2,1-3H3,(H,25,26)(H2,23,24,28)/t14-,18-/m1/s1. The highest BCUT2D eigenvalue weighted by atomic mass is 16.5. The van der Waals surface area contributed by atoms with E-state index < -0.39 is 0 Å². The van der Waals surface area contributed by atoms with E-state index in [0.717, 1.165) is 36.2 Å². The minimum Gasteiger partial charge on any atom is -0.481 e. The minimum absolute atomic E-state index is 0.0670. The Morgan fingerprint density at radius 2 is 2.17 bits per heavy atom. The number of benzene rings is 1. The van der Waals surface area contributed by atoms with Crippen molar-refractivity contribution in [3.63, 3.8) is 0 Å². The summed E-state index contributed by atoms with van der Waals surface area (Å²) in [4.78, 5) is 27.1. The van der Waals surface area contributed by atoms with Crippen LogP contribution in [-0.2, 0) is 0 Å². The number of urea groups is 1. The van der Waals surface area contributed by atoms with Crippen molar-refractivity contribution < 1.29 is 9.53 Å². The fourth-order valence-corrected chi connectivity index (χ4v) is 3.76. The molecule has 0 bridgehead atoms. The van der Waals surface area contributed by atoms with E-state index in [1.807, 2.05) is 0 Å². The lowest BCUT2D eigenvalue weighted by Gasteiger charge is -2.36. The number of rotatable bonds is 4. The zero-order valence-electron chi connectivity index (χ0n) is 16.9. The minimum atomic E-state index is -0.231. The lowest BCUT2D eigenvalue weighted by atomic mass is 9.97. The number of aromatic amines is 1. The van der Waals surface area contributed by atoms with E-state index in [9.17, 15) is 4.79 Å². The molecule has 2 aromatic heterocycles. The van der Waals surface area contributed by atoms with Crippen molar-refractivity contribution in [2.24, 2.45) is 0 Å². The van der Waals surface area contributed by atoms with Crippen LogP contribution in [0.1, 0.15) is 30.3 Å². The van der Waals surface area contributed by atoms with E-state index in [1.54, 1.807) is 25.4 Å². The van der Waals surface area contributed by atoms with Gasteiger partial charge in [0.05, 0.1) is 36.1 Å². The third-order valence-corrected chi connectivity index (χ3v) is 5.38. The predicted octanol–water partition coefficient (Wildman–Crippen LogP) is 3.23. The second-order valence-electron chi connectivity index (χ2n) is 7.55. The van der Waals surface area contributed by atoms with Gasteiger partial charge in [-0.3, -0.25) is 4.90 Å². The number of likely N-dealkylation sites (tertiary alicyclic amines) is 1. The number of amides is 2. The normalized spacial score (nSPS) is 19.8. The molecule has 0 unspecified atom stereocenters. The van der Waals surface area contributed by atoms with Crippen LogP contribution in [0.2, 0.25) is 0 Å². The first kappa shape index (κ1) is 19.2. The Morgan fingerprint density at radius 1 is 1.31 bits per heavy atom. The molecule has 1 fully saturated rings. The van der Waals surface area contributed by atoms with Crippen LogP contribution in [0.25, 0.3) is 11.0 Å². The molecule has 3 heterocycles. The number of fused-ring (bicyclic) bond motifs is 1. The number of ether oxygens (including phenoxy) is 1. The van der Waals surface area contributed by atoms with Crippen molar-refractivity contribution >= 4 is 22.8 Å². The molecular formula is C21H26N6O2. The number of nitrogens with zero attached hydrogens (tertiary/aromatic N) is 3. The summed E-state index contributed by atoms with van der Waals surface area (Å²) < 4.78 is 5.03. The van der Waals surface area contributed by atoms with Crippen molar-refractivity contribution in [3.8, 4) is 5.88 Å². The summed E-state index contributed by atoms with van der Waals surface area (Å²) in [6.07, 6.45) is 3.26. The summed E-state index contributed by atoms with van der Waals surface area (Å²) in [5.74, 6) is 1.45. The van der Waals surface area contributed by atoms with E-state index in [2.05, 4.69) is 57.7 Å². The van der Waals surface area contributed by atoms with Gasteiger partial charge in [-0.1, -0.05) is 6.07 Å². The molecule has 8 nitrogen and oxygen atoms in total.